The summed E-state index contributed by atoms with van der Waals surface area (Å²) in [5, 5.41) is 5.40. The van der Waals surface area contributed by atoms with E-state index in [2.05, 4.69) is 10.6 Å². The number of anilines is 1. The van der Waals surface area contributed by atoms with Gasteiger partial charge < -0.3 is 15.4 Å². The van der Waals surface area contributed by atoms with Crippen molar-refractivity contribution in [2.45, 2.75) is 12.8 Å². The molecule has 0 bridgehead atoms. The van der Waals surface area contributed by atoms with Gasteiger partial charge in [0.1, 0.15) is 11.6 Å². The lowest BCUT2D eigenvalue weighted by molar-refractivity contribution is -0.125. The summed E-state index contributed by atoms with van der Waals surface area (Å²) in [5.74, 6) is -0.868. The van der Waals surface area contributed by atoms with Crippen molar-refractivity contribution in [1.29, 1.82) is 0 Å². The molecule has 2 aromatic carbocycles. The molecule has 1 fully saturated rings. The van der Waals surface area contributed by atoms with Gasteiger partial charge in [-0.3, -0.25) is 9.59 Å². The van der Waals surface area contributed by atoms with E-state index in [1.807, 2.05) is 24.3 Å². The predicted molar refractivity (Wildman–Crippen MR) is 96.3 cm³/mol. The first-order valence-corrected chi connectivity index (χ1v) is 8.54. The number of nitrogens with one attached hydrogen (secondary N) is 2. The molecular weight excluding hydrogens is 335 g/mol. The molecule has 2 atom stereocenters. The topological polar surface area (TPSA) is 67.4 Å². The number of benzene rings is 2. The number of halogens is 1. The number of ether oxygens (including phenoxy) is 1. The first kappa shape index (κ1) is 17.9. The van der Waals surface area contributed by atoms with E-state index in [9.17, 15) is 14.0 Å². The molecule has 136 valence electrons. The number of methoxy groups -OCH3 is 1. The van der Waals surface area contributed by atoms with Crippen LogP contribution in [0.4, 0.5) is 10.1 Å². The standard InChI is InChI=1S/C20H21FN2O3/c1-26-14-8-6-13(7-9-14)10-11-22-19(24)15-12-16(15)20(25)23-18-5-3-2-4-17(18)21/h2-9,15-16H,10-12H2,1H3,(H,22,24)(H,23,25). The second-order valence-corrected chi connectivity index (χ2v) is 6.31. The van der Waals surface area contributed by atoms with Crippen LogP contribution in [-0.4, -0.2) is 25.5 Å². The Morgan fingerprint density at radius 1 is 1.08 bits per heavy atom. The third kappa shape index (κ3) is 4.39. The zero-order valence-corrected chi connectivity index (χ0v) is 14.5. The van der Waals surface area contributed by atoms with Crippen molar-refractivity contribution < 1.29 is 18.7 Å². The van der Waals surface area contributed by atoms with Gasteiger partial charge in [-0.25, -0.2) is 4.39 Å². The molecule has 0 aliphatic heterocycles. The Balaban J connectivity index is 1.42. The lowest BCUT2D eigenvalue weighted by Gasteiger charge is -2.07. The fourth-order valence-corrected chi connectivity index (χ4v) is 2.82. The molecule has 26 heavy (non-hydrogen) atoms. The van der Waals surface area contributed by atoms with Gasteiger partial charge in [-0.15, -0.1) is 0 Å². The molecule has 0 aromatic heterocycles. The minimum atomic E-state index is -0.484. The maximum Gasteiger partial charge on any atom is 0.228 e. The van der Waals surface area contributed by atoms with Crippen molar-refractivity contribution in [2.24, 2.45) is 11.8 Å². The third-order valence-electron chi connectivity index (χ3n) is 4.47. The highest BCUT2D eigenvalue weighted by Gasteiger charge is 2.47. The summed E-state index contributed by atoms with van der Waals surface area (Å²) in [6, 6.07) is 13.6. The molecule has 2 amide bonds. The SMILES string of the molecule is COc1ccc(CCNC(=O)C2CC2C(=O)Nc2ccccc2F)cc1. The second kappa shape index (κ2) is 7.99. The van der Waals surface area contributed by atoms with Gasteiger partial charge in [-0.2, -0.15) is 0 Å². The van der Waals surface area contributed by atoms with Gasteiger partial charge in [0, 0.05) is 6.54 Å². The highest BCUT2D eigenvalue weighted by molar-refractivity contribution is 5.99. The highest BCUT2D eigenvalue weighted by atomic mass is 19.1. The molecule has 5 nitrogen and oxygen atoms in total. The molecule has 2 N–H and O–H groups in total. The molecule has 1 saturated carbocycles. The van der Waals surface area contributed by atoms with Crippen molar-refractivity contribution in [2.75, 3.05) is 19.0 Å². The number of amides is 2. The molecule has 6 heteroatoms. The smallest absolute Gasteiger partial charge is 0.228 e. The van der Waals surface area contributed by atoms with Crippen molar-refractivity contribution in [1.82, 2.24) is 5.32 Å². The highest BCUT2D eigenvalue weighted by Crippen LogP contribution is 2.39. The van der Waals surface area contributed by atoms with E-state index in [-0.39, 0.29) is 23.4 Å². The molecule has 0 saturated heterocycles. The minimum absolute atomic E-state index is 0.132. The van der Waals surface area contributed by atoms with Gasteiger partial charge in [-0.05, 0) is 42.7 Å². The Hall–Kier alpha value is -2.89. The van der Waals surface area contributed by atoms with Crippen LogP contribution in [0.1, 0.15) is 12.0 Å². The van der Waals surface area contributed by atoms with E-state index in [4.69, 9.17) is 4.74 Å². The van der Waals surface area contributed by atoms with Crippen LogP contribution in [0.5, 0.6) is 5.75 Å². The van der Waals surface area contributed by atoms with Crippen LogP contribution in [0.2, 0.25) is 0 Å². The molecular formula is C20H21FN2O3. The predicted octanol–water partition coefficient (Wildman–Crippen LogP) is 2.77. The molecule has 0 heterocycles. The Kier molecular flexibility index (Phi) is 5.51. The zero-order valence-electron chi connectivity index (χ0n) is 14.5. The molecule has 1 aliphatic rings. The lowest BCUT2D eigenvalue weighted by atomic mass is 10.1. The van der Waals surface area contributed by atoms with Gasteiger partial charge in [0.05, 0.1) is 24.6 Å². The average Bonchev–Trinajstić information content (AvgIpc) is 3.45. The molecule has 0 spiro atoms. The van der Waals surface area contributed by atoms with Crippen LogP contribution in [0.25, 0.3) is 0 Å². The largest absolute Gasteiger partial charge is 0.497 e. The van der Waals surface area contributed by atoms with Gasteiger partial charge >= 0.3 is 0 Å². The van der Waals surface area contributed by atoms with Gasteiger partial charge in [0.15, 0.2) is 0 Å². The molecule has 2 aromatic rings. The second-order valence-electron chi connectivity index (χ2n) is 6.31. The van der Waals surface area contributed by atoms with Crippen molar-refractivity contribution >= 4 is 17.5 Å². The molecule has 2 unspecified atom stereocenters. The number of hydrogen-bond donors (Lipinski definition) is 2. The summed E-state index contributed by atoms with van der Waals surface area (Å²) in [5.41, 5.74) is 1.24. The fraction of sp³-hybridized carbons (Fsp3) is 0.300. The maximum absolute atomic E-state index is 13.6. The van der Waals surface area contributed by atoms with Gasteiger partial charge in [0.25, 0.3) is 0 Å². The van der Waals surface area contributed by atoms with E-state index in [0.29, 0.717) is 19.4 Å². The summed E-state index contributed by atoms with van der Waals surface area (Å²) in [6.07, 6.45) is 1.20. The molecule has 1 aliphatic carbocycles. The Morgan fingerprint density at radius 3 is 2.46 bits per heavy atom. The number of carbonyl (C=O) groups excluding carboxylic acids is 2. The minimum Gasteiger partial charge on any atom is -0.497 e. The number of hydrogen-bond acceptors (Lipinski definition) is 3. The zero-order chi connectivity index (χ0) is 18.5. The van der Waals surface area contributed by atoms with Gasteiger partial charge in [0.2, 0.25) is 11.8 Å². The Labute approximate surface area is 151 Å². The van der Waals surface area contributed by atoms with Crippen LogP contribution in [-0.2, 0) is 16.0 Å². The Bertz CT molecular complexity index is 792. The summed E-state index contributed by atoms with van der Waals surface area (Å²) in [7, 11) is 1.61. The van der Waals surface area contributed by atoms with Crippen LogP contribution in [0, 0.1) is 17.7 Å². The number of rotatable bonds is 7. The van der Waals surface area contributed by atoms with Crippen LogP contribution in [0.3, 0.4) is 0 Å². The van der Waals surface area contributed by atoms with Crippen LogP contribution >= 0.6 is 0 Å². The summed E-state index contributed by atoms with van der Waals surface area (Å²) in [6.45, 7) is 0.503. The third-order valence-corrected chi connectivity index (χ3v) is 4.47. The number of para-hydroxylation sites is 1. The normalized spacial score (nSPS) is 18.1. The van der Waals surface area contributed by atoms with Crippen LogP contribution in [0.15, 0.2) is 48.5 Å². The fourth-order valence-electron chi connectivity index (χ4n) is 2.82. The first-order chi connectivity index (χ1) is 12.6. The van der Waals surface area contributed by atoms with Crippen LogP contribution < -0.4 is 15.4 Å². The number of carbonyl (C=O) groups is 2. The first-order valence-electron chi connectivity index (χ1n) is 8.54. The van der Waals surface area contributed by atoms with E-state index < -0.39 is 11.7 Å². The quantitative estimate of drug-likeness (QED) is 0.802. The molecule has 0 radical (unpaired) electrons. The summed E-state index contributed by atoms with van der Waals surface area (Å²) in [4.78, 5) is 24.3. The van der Waals surface area contributed by atoms with Crippen molar-refractivity contribution in [3.63, 3.8) is 0 Å². The van der Waals surface area contributed by atoms with E-state index in [1.54, 1.807) is 19.2 Å². The van der Waals surface area contributed by atoms with E-state index >= 15 is 0 Å². The lowest BCUT2D eigenvalue weighted by Crippen LogP contribution is -2.29. The van der Waals surface area contributed by atoms with E-state index in [0.717, 1.165) is 11.3 Å². The Morgan fingerprint density at radius 2 is 1.77 bits per heavy atom. The van der Waals surface area contributed by atoms with E-state index in [1.165, 1.54) is 12.1 Å². The summed E-state index contributed by atoms with van der Waals surface area (Å²) >= 11 is 0. The van der Waals surface area contributed by atoms with Gasteiger partial charge in [-0.1, -0.05) is 24.3 Å². The summed E-state index contributed by atoms with van der Waals surface area (Å²) < 4.78 is 18.7. The van der Waals surface area contributed by atoms with Crippen molar-refractivity contribution in [3.8, 4) is 5.75 Å². The maximum atomic E-state index is 13.6. The van der Waals surface area contributed by atoms with Crippen molar-refractivity contribution in [3.05, 3.63) is 59.9 Å². The monoisotopic (exact) mass is 356 g/mol. The molecule has 3 rings (SSSR count). The average molecular weight is 356 g/mol.